The smallest absolute Gasteiger partial charge is 0.0632 e. The summed E-state index contributed by atoms with van der Waals surface area (Å²) in [4.78, 5) is 3.15. The van der Waals surface area contributed by atoms with Crippen molar-refractivity contribution in [2.75, 3.05) is 0 Å². The number of hydrogen-bond acceptors (Lipinski definition) is 1. The van der Waals surface area contributed by atoms with E-state index in [1.165, 1.54) is 11.1 Å². The molecule has 0 radical (unpaired) electrons. The molecule has 0 aliphatic carbocycles. The van der Waals surface area contributed by atoms with E-state index in [0.717, 1.165) is 5.69 Å². The molecule has 0 bridgehead atoms. The van der Waals surface area contributed by atoms with Gasteiger partial charge in [0, 0.05) is 18.3 Å². The Labute approximate surface area is 73.6 Å². The predicted molar refractivity (Wildman–Crippen MR) is 50.3 cm³/mol. The lowest BCUT2D eigenvalue weighted by atomic mass is 9.97. The maximum atomic E-state index is 9.62. The average molecular weight is 167 g/mol. The highest BCUT2D eigenvalue weighted by molar-refractivity contribution is 5.30. The zero-order valence-electron chi connectivity index (χ0n) is 8.23. The van der Waals surface area contributed by atoms with E-state index in [4.69, 9.17) is 0 Å². The van der Waals surface area contributed by atoms with E-state index < -0.39 is 5.60 Å². The van der Waals surface area contributed by atoms with Crippen LogP contribution in [0.4, 0.5) is 0 Å². The number of hydrogen-bond donors (Lipinski definition) is 2. The first-order valence-corrected chi connectivity index (χ1v) is 4.26. The minimum absolute atomic E-state index is 0.613. The van der Waals surface area contributed by atoms with Crippen LogP contribution in [0.3, 0.4) is 0 Å². The van der Waals surface area contributed by atoms with E-state index in [-0.39, 0.29) is 0 Å². The molecule has 0 unspecified atom stereocenters. The normalized spacial score (nSPS) is 12.1. The highest BCUT2D eigenvalue weighted by atomic mass is 16.3. The first-order chi connectivity index (χ1) is 5.40. The third kappa shape index (κ3) is 2.11. The van der Waals surface area contributed by atoms with Crippen LogP contribution in [-0.2, 0) is 6.42 Å². The molecule has 2 nitrogen and oxygen atoms in total. The van der Waals surface area contributed by atoms with E-state index in [1.54, 1.807) is 0 Å². The molecular weight excluding hydrogens is 150 g/mol. The van der Waals surface area contributed by atoms with Crippen LogP contribution in [0.5, 0.6) is 0 Å². The van der Waals surface area contributed by atoms with Crippen LogP contribution in [-0.4, -0.2) is 15.7 Å². The Morgan fingerprint density at radius 2 is 2.00 bits per heavy atom. The van der Waals surface area contributed by atoms with Gasteiger partial charge in [0.15, 0.2) is 0 Å². The summed E-state index contributed by atoms with van der Waals surface area (Å²) in [5, 5.41) is 9.62. The Balaban J connectivity index is 2.88. The Bertz CT molecular complexity index is 248. The SMILES string of the molecule is Cc1c[nH]c(C)c1CC(C)(C)O. The first kappa shape index (κ1) is 9.33. The minimum Gasteiger partial charge on any atom is -0.390 e. The van der Waals surface area contributed by atoms with Crippen LogP contribution in [0.2, 0.25) is 0 Å². The second-order valence-corrected chi connectivity index (χ2v) is 4.06. The van der Waals surface area contributed by atoms with Gasteiger partial charge in [-0.15, -0.1) is 0 Å². The van der Waals surface area contributed by atoms with E-state index in [2.05, 4.69) is 11.9 Å². The zero-order valence-corrected chi connectivity index (χ0v) is 8.23. The summed E-state index contributed by atoms with van der Waals surface area (Å²) in [6, 6.07) is 0. The number of aryl methyl sites for hydroxylation is 2. The molecule has 1 aromatic rings. The van der Waals surface area contributed by atoms with Gasteiger partial charge in [-0.1, -0.05) is 0 Å². The predicted octanol–water partition coefficient (Wildman–Crippen LogP) is 1.94. The van der Waals surface area contributed by atoms with Gasteiger partial charge in [0.1, 0.15) is 0 Å². The van der Waals surface area contributed by atoms with Crippen molar-refractivity contribution in [1.29, 1.82) is 0 Å². The van der Waals surface area contributed by atoms with E-state index in [1.807, 2.05) is 27.0 Å². The molecular formula is C10H17NO. The van der Waals surface area contributed by atoms with E-state index >= 15 is 0 Å². The molecule has 0 spiro atoms. The Hall–Kier alpha value is -0.760. The number of nitrogens with one attached hydrogen (secondary N) is 1. The van der Waals surface area contributed by atoms with Crippen molar-refractivity contribution in [3.8, 4) is 0 Å². The summed E-state index contributed by atoms with van der Waals surface area (Å²) < 4.78 is 0. The fraction of sp³-hybridized carbons (Fsp3) is 0.600. The summed E-state index contributed by atoms with van der Waals surface area (Å²) in [5.74, 6) is 0. The Kier molecular flexibility index (Phi) is 2.29. The van der Waals surface area contributed by atoms with Gasteiger partial charge in [-0.05, 0) is 38.8 Å². The van der Waals surface area contributed by atoms with Crippen molar-refractivity contribution in [3.05, 3.63) is 23.0 Å². The molecule has 0 atom stereocenters. The number of aliphatic hydroxyl groups is 1. The molecule has 0 aliphatic rings. The fourth-order valence-electron chi connectivity index (χ4n) is 1.39. The molecule has 2 heteroatoms. The molecule has 0 saturated heterocycles. The molecule has 1 heterocycles. The molecule has 1 rings (SSSR count). The Morgan fingerprint density at radius 3 is 2.33 bits per heavy atom. The lowest BCUT2D eigenvalue weighted by Crippen LogP contribution is -2.22. The third-order valence-corrected chi connectivity index (χ3v) is 2.04. The molecule has 0 amide bonds. The zero-order chi connectivity index (χ0) is 9.35. The van der Waals surface area contributed by atoms with Gasteiger partial charge in [0.25, 0.3) is 0 Å². The summed E-state index contributed by atoms with van der Waals surface area (Å²) in [5.41, 5.74) is 3.02. The van der Waals surface area contributed by atoms with Crippen LogP contribution in [0, 0.1) is 13.8 Å². The van der Waals surface area contributed by atoms with Crippen molar-refractivity contribution in [3.63, 3.8) is 0 Å². The second-order valence-electron chi connectivity index (χ2n) is 4.06. The maximum Gasteiger partial charge on any atom is 0.0632 e. The van der Waals surface area contributed by atoms with Crippen molar-refractivity contribution in [2.45, 2.75) is 39.7 Å². The highest BCUT2D eigenvalue weighted by Gasteiger charge is 2.16. The van der Waals surface area contributed by atoms with Crippen LogP contribution in [0.25, 0.3) is 0 Å². The van der Waals surface area contributed by atoms with Crippen molar-refractivity contribution in [2.24, 2.45) is 0 Å². The largest absolute Gasteiger partial charge is 0.390 e. The van der Waals surface area contributed by atoms with Crippen LogP contribution >= 0.6 is 0 Å². The molecule has 0 aliphatic heterocycles. The quantitative estimate of drug-likeness (QED) is 0.694. The van der Waals surface area contributed by atoms with Gasteiger partial charge in [-0.25, -0.2) is 0 Å². The summed E-state index contributed by atoms with van der Waals surface area (Å²) in [6.07, 6.45) is 2.70. The lowest BCUT2D eigenvalue weighted by molar-refractivity contribution is 0.0807. The number of aromatic amines is 1. The molecule has 0 fully saturated rings. The van der Waals surface area contributed by atoms with E-state index in [0.29, 0.717) is 6.42 Å². The molecule has 2 N–H and O–H groups in total. The fourth-order valence-corrected chi connectivity index (χ4v) is 1.39. The molecule has 68 valence electrons. The van der Waals surface area contributed by atoms with Crippen LogP contribution in [0.15, 0.2) is 6.20 Å². The number of aromatic nitrogens is 1. The summed E-state index contributed by atoms with van der Waals surface area (Å²) in [7, 11) is 0. The molecule has 0 aromatic carbocycles. The molecule has 0 saturated carbocycles. The second kappa shape index (κ2) is 2.94. The standard InChI is InChI=1S/C10H17NO/c1-7-6-11-8(2)9(7)5-10(3,4)12/h6,11-12H,5H2,1-4H3. The summed E-state index contributed by atoms with van der Waals surface area (Å²) in [6.45, 7) is 7.76. The van der Waals surface area contributed by atoms with Crippen molar-refractivity contribution < 1.29 is 5.11 Å². The van der Waals surface area contributed by atoms with Crippen molar-refractivity contribution in [1.82, 2.24) is 4.98 Å². The van der Waals surface area contributed by atoms with Gasteiger partial charge >= 0.3 is 0 Å². The topological polar surface area (TPSA) is 36.0 Å². The van der Waals surface area contributed by atoms with Gasteiger partial charge in [-0.2, -0.15) is 0 Å². The maximum absolute atomic E-state index is 9.62. The Morgan fingerprint density at radius 1 is 1.42 bits per heavy atom. The number of rotatable bonds is 2. The molecule has 12 heavy (non-hydrogen) atoms. The monoisotopic (exact) mass is 167 g/mol. The van der Waals surface area contributed by atoms with Crippen LogP contribution in [0.1, 0.15) is 30.7 Å². The highest BCUT2D eigenvalue weighted by Crippen LogP contribution is 2.18. The summed E-state index contributed by atoms with van der Waals surface area (Å²) >= 11 is 0. The van der Waals surface area contributed by atoms with Gasteiger partial charge in [-0.3, -0.25) is 0 Å². The van der Waals surface area contributed by atoms with Crippen molar-refractivity contribution >= 4 is 0 Å². The van der Waals surface area contributed by atoms with Crippen LogP contribution < -0.4 is 0 Å². The van der Waals surface area contributed by atoms with Gasteiger partial charge < -0.3 is 10.1 Å². The minimum atomic E-state index is -0.613. The van der Waals surface area contributed by atoms with Gasteiger partial charge in [0.2, 0.25) is 0 Å². The number of H-pyrrole nitrogens is 1. The van der Waals surface area contributed by atoms with E-state index in [9.17, 15) is 5.11 Å². The van der Waals surface area contributed by atoms with Gasteiger partial charge in [0.05, 0.1) is 5.60 Å². The molecule has 1 aromatic heterocycles. The lowest BCUT2D eigenvalue weighted by Gasteiger charge is -2.17. The third-order valence-electron chi connectivity index (χ3n) is 2.04. The first-order valence-electron chi connectivity index (χ1n) is 4.26. The average Bonchev–Trinajstić information content (AvgIpc) is 2.16.